The molecule has 0 aliphatic carbocycles. The highest BCUT2D eigenvalue weighted by molar-refractivity contribution is 5.79. The fourth-order valence-electron chi connectivity index (χ4n) is 2.05. The Hall–Kier alpha value is -2.13. The summed E-state index contributed by atoms with van der Waals surface area (Å²) in [7, 11) is 4.69. The molecule has 7 nitrogen and oxygen atoms in total. The number of methoxy groups -OCH3 is 2. The van der Waals surface area contributed by atoms with Gasteiger partial charge in [-0.3, -0.25) is 4.99 Å². The quantitative estimate of drug-likeness (QED) is 0.331. The van der Waals surface area contributed by atoms with Gasteiger partial charge >= 0.3 is 6.61 Å². The smallest absolute Gasteiger partial charge is 0.387 e. The van der Waals surface area contributed by atoms with Crippen molar-refractivity contribution in [1.29, 1.82) is 0 Å². The van der Waals surface area contributed by atoms with Gasteiger partial charge < -0.3 is 29.6 Å². The third-order valence-electron chi connectivity index (χ3n) is 3.32. The predicted octanol–water partition coefficient (Wildman–Crippen LogP) is 2.01. The van der Waals surface area contributed by atoms with Crippen molar-refractivity contribution in [2.75, 3.05) is 47.6 Å². The second kappa shape index (κ2) is 13.1. The van der Waals surface area contributed by atoms with Crippen LogP contribution in [0.3, 0.4) is 0 Å². The summed E-state index contributed by atoms with van der Waals surface area (Å²) in [6.07, 6.45) is 0.819. The van der Waals surface area contributed by atoms with Crippen LogP contribution in [-0.2, 0) is 16.0 Å². The molecular weight excluding hydrogens is 348 g/mol. The molecule has 0 fully saturated rings. The Kier molecular flexibility index (Phi) is 11.1. The minimum Gasteiger partial charge on any atom is -0.493 e. The first-order valence-corrected chi connectivity index (χ1v) is 8.23. The van der Waals surface area contributed by atoms with Crippen molar-refractivity contribution in [3.8, 4) is 11.5 Å². The van der Waals surface area contributed by atoms with Crippen molar-refractivity contribution in [1.82, 2.24) is 10.6 Å². The van der Waals surface area contributed by atoms with Crippen LogP contribution in [0.4, 0.5) is 8.78 Å². The van der Waals surface area contributed by atoms with E-state index < -0.39 is 6.61 Å². The Balaban J connectivity index is 2.41. The van der Waals surface area contributed by atoms with Crippen LogP contribution >= 0.6 is 0 Å². The van der Waals surface area contributed by atoms with E-state index in [-0.39, 0.29) is 11.5 Å². The highest BCUT2D eigenvalue weighted by Crippen LogP contribution is 2.29. The number of guanidine groups is 1. The lowest BCUT2D eigenvalue weighted by atomic mass is 10.2. The standard InChI is InChI=1S/C17H27F2N3O4/c1-20-17(21-7-4-8-25-10-9-23-2)22-12-13-5-6-14(24-3)15(11-13)26-16(18)19/h5-6,11,16H,4,7-10,12H2,1-3H3,(H2,20,21,22). The summed E-state index contributed by atoms with van der Waals surface area (Å²) in [5.74, 6) is 0.858. The Morgan fingerprint density at radius 2 is 1.92 bits per heavy atom. The fraction of sp³-hybridized carbons (Fsp3) is 0.588. The van der Waals surface area contributed by atoms with Crippen LogP contribution in [0.15, 0.2) is 23.2 Å². The lowest BCUT2D eigenvalue weighted by Crippen LogP contribution is -2.37. The molecule has 0 saturated carbocycles. The number of halogens is 2. The van der Waals surface area contributed by atoms with Crippen molar-refractivity contribution < 1.29 is 27.7 Å². The number of alkyl halides is 2. The van der Waals surface area contributed by atoms with E-state index >= 15 is 0 Å². The highest BCUT2D eigenvalue weighted by Gasteiger charge is 2.11. The lowest BCUT2D eigenvalue weighted by Gasteiger charge is -2.14. The molecule has 0 radical (unpaired) electrons. The van der Waals surface area contributed by atoms with Gasteiger partial charge in [-0.25, -0.2) is 0 Å². The number of rotatable bonds is 12. The molecule has 0 saturated heterocycles. The summed E-state index contributed by atoms with van der Waals surface area (Å²) in [5.41, 5.74) is 0.757. The minimum atomic E-state index is -2.91. The molecule has 0 aliphatic rings. The summed E-state index contributed by atoms with van der Waals surface area (Å²) < 4.78 is 44.7. The van der Waals surface area contributed by atoms with Gasteiger partial charge in [-0.1, -0.05) is 6.07 Å². The molecular formula is C17H27F2N3O4. The second-order valence-electron chi connectivity index (χ2n) is 5.17. The van der Waals surface area contributed by atoms with Crippen molar-refractivity contribution >= 4 is 5.96 Å². The molecule has 0 aromatic heterocycles. The van der Waals surface area contributed by atoms with Crippen LogP contribution in [0.5, 0.6) is 11.5 Å². The third kappa shape index (κ3) is 8.82. The van der Waals surface area contributed by atoms with Gasteiger partial charge in [0.15, 0.2) is 17.5 Å². The Morgan fingerprint density at radius 1 is 1.12 bits per heavy atom. The average molecular weight is 375 g/mol. The lowest BCUT2D eigenvalue weighted by molar-refractivity contribution is -0.0512. The zero-order valence-corrected chi connectivity index (χ0v) is 15.4. The first-order chi connectivity index (χ1) is 12.6. The molecule has 0 amide bonds. The minimum absolute atomic E-state index is 0.00189. The highest BCUT2D eigenvalue weighted by atomic mass is 19.3. The average Bonchev–Trinajstić information content (AvgIpc) is 2.63. The first kappa shape index (κ1) is 21.9. The van der Waals surface area contributed by atoms with Crippen LogP contribution in [0.25, 0.3) is 0 Å². The van der Waals surface area contributed by atoms with Crippen LogP contribution in [0.1, 0.15) is 12.0 Å². The molecule has 0 atom stereocenters. The molecule has 0 heterocycles. The van der Waals surface area contributed by atoms with Gasteiger partial charge in [0, 0.05) is 33.9 Å². The van der Waals surface area contributed by atoms with E-state index in [9.17, 15) is 8.78 Å². The van der Waals surface area contributed by atoms with E-state index in [0.29, 0.717) is 38.9 Å². The number of hydrogen-bond donors (Lipinski definition) is 2. The number of hydrogen-bond acceptors (Lipinski definition) is 5. The second-order valence-corrected chi connectivity index (χ2v) is 5.17. The Morgan fingerprint density at radius 3 is 2.58 bits per heavy atom. The molecule has 1 aromatic carbocycles. The molecule has 0 spiro atoms. The van der Waals surface area contributed by atoms with Crippen LogP contribution < -0.4 is 20.1 Å². The van der Waals surface area contributed by atoms with Crippen molar-refractivity contribution in [2.24, 2.45) is 4.99 Å². The van der Waals surface area contributed by atoms with Crippen LogP contribution in [0.2, 0.25) is 0 Å². The van der Waals surface area contributed by atoms with Gasteiger partial charge in [0.25, 0.3) is 0 Å². The monoisotopic (exact) mass is 375 g/mol. The van der Waals surface area contributed by atoms with Crippen LogP contribution in [-0.4, -0.2) is 60.2 Å². The number of aliphatic imine (C=N–C) groups is 1. The van der Waals surface area contributed by atoms with E-state index in [1.807, 2.05) is 0 Å². The zero-order chi connectivity index (χ0) is 19.2. The molecule has 2 N–H and O–H groups in total. The van der Waals surface area contributed by atoms with Gasteiger partial charge in [0.1, 0.15) is 0 Å². The summed E-state index contributed by atoms with van der Waals surface area (Å²) in [5, 5.41) is 6.26. The van der Waals surface area contributed by atoms with Gasteiger partial charge in [-0.05, 0) is 24.1 Å². The Bertz CT molecular complexity index is 545. The summed E-state index contributed by atoms with van der Waals surface area (Å²) in [6, 6.07) is 4.86. The van der Waals surface area contributed by atoms with E-state index in [1.54, 1.807) is 26.3 Å². The summed E-state index contributed by atoms with van der Waals surface area (Å²) >= 11 is 0. The van der Waals surface area contributed by atoms with Gasteiger partial charge in [-0.2, -0.15) is 8.78 Å². The topological polar surface area (TPSA) is 73.3 Å². The normalized spacial score (nSPS) is 11.5. The number of nitrogens with zero attached hydrogens (tertiary/aromatic N) is 1. The summed E-state index contributed by atoms with van der Waals surface area (Å²) in [4.78, 5) is 4.11. The molecule has 148 valence electrons. The fourth-order valence-corrected chi connectivity index (χ4v) is 2.05. The van der Waals surface area contributed by atoms with Gasteiger partial charge in [-0.15, -0.1) is 0 Å². The maximum Gasteiger partial charge on any atom is 0.387 e. The molecule has 9 heteroatoms. The summed E-state index contributed by atoms with van der Waals surface area (Å²) in [6.45, 7) is -0.0460. The SMILES string of the molecule is CN=C(NCCCOCCOC)NCc1ccc(OC)c(OC(F)F)c1. The first-order valence-electron chi connectivity index (χ1n) is 8.23. The third-order valence-corrected chi connectivity index (χ3v) is 3.32. The number of benzene rings is 1. The molecule has 26 heavy (non-hydrogen) atoms. The maximum absolute atomic E-state index is 12.5. The van der Waals surface area contributed by atoms with Gasteiger partial charge in [0.05, 0.1) is 20.3 Å². The molecule has 1 rings (SSSR count). The molecule has 0 bridgehead atoms. The number of nitrogens with one attached hydrogen (secondary N) is 2. The van der Waals surface area contributed by atoms with Gasteiger partial charge in [0.2, 0.25) is 0 Å². The van der Waals surface area contributed by atoms with E-state index in [0.717, 1.165) is 12.0 Å². The maximum atomic E-state index is 12.5. The van der Waals surface area contributed by atoms with Crippen molar-refractivity contribution in [3.05, 3.63) is 23.8 Å². The van der Waals surface area contributed by atoms with E-state index in [2.05, 4.69) is 20.4 Å². The molecule has 1 aromatic rings. The number of ether oxygens (including phenoxy) is 4. The van der Waals surface area contributed by atoms with E-state index in [1.165, 1.54) is 13.2 Å². The zero-order valence-electron chi connectivity index (χ0n) is 15.4. The predicted molar refractivity (Wildman–Crippen MR) is 95.1 cm³/mol. The Labute approximate surface area is 152 Å². The van der Waals surface area contributed by atoms with Crippen molar-refractivity contribution in [2.45, 2.75) is 19.6 Å². The molecule has 0 unspecified atom stereocenters. The largest absolute Gasteiger partial charge is 0.493 e. The van der Waals surface area contributed by atoms with Crippen LogP contribution in [0, 0.1) is 0 Å². The molecule has 0 aliphatic heterocycles. The van der Waals surface area contributed by atoms with E-state index in [4.69, 9.17) is 14.2 Å². The van der Waals surface area contributed by atoms with Crippen molar-refractivity contribution in [3.63, 3.8) is 0 Å².